The van der Waals surface area contributed by atoms with Crippen LogP contribution in [0.3, 0.4) is 0 Å². The van der Waals surface area contributed by atoms with Crippen LogP contribution in [-0.2, 0) is 11.2 Å². The molecule has 1 saturated carbocycles. The number of benzene rings is 1. The Bertz CT molecular complexity index is 727. The summed E-state index contributed by atoms with van der Waals surface area (Å²) in [5.41, 5.74) is 2.32. The first kappa shape index (κ1) is 19.4. The number of phenols is 1. The third-order valence-corrected chi connectivity index (χ3v) is 5.38. The zero-order chi connectivity index (χ0) is 19.2. The molecule has 3 rings (SSSR count). The zero-order valence-corrected chi connectivity index (χ0v) is 16.1. The van der Waals surface area contributed by atoms with Crippen LogP contribution in [0.25, 0.3) is 0 Å². The van der Waals surface area contributed by atoms with Crippen molar-refractivity contribution in [3.05, 3.63) is 59.9 Å². The Balaban J connectivity index is 1.54. The highest BCUT2D eigenvalue weighted by molar-refractivity contribution is 5.77. The van der Waals surface area contributed by atoms with Crippen LogP contribution >= 0.6 is 0 Å². The fraction of sp³-hybridized carbons (Fsp3) is 0.455. The second-order valence-corrected chi connectivity index (χ2v) is 7.73. The summed E-state index contributed by atoms with van der Waals surface area (Å²) in [5, 5.41) is 12.6. The third kappa shape index (κ3) is 5.79. The summed E-state index contributed by atoms with van der Waals surface area (Å²) < 4.78 is 0. The fourth-order valence-corrected chi connectivity index (χ4v) is 3.50. The molecule has 5 heteroatoms. The normalized spacial score (nSPS) is 16.1. The molecule has 5 nitrogen and oxygen atoms in total. The van der Waals surface area contributed by atoms with Crippen molar-refractivity contribution in [2.24, 2.45) is 5.92 Å². The van der Waals surface area contributed by atoms with E-state index < -0.39 is 0 Å². The van der Waals surface area contributed by atoms with Crippen LogP contribution in [0.15, 0.2) is 48.8 Å². The van der Waals surface area contributed by atoms with Gasteiger partial charge in [-0.25, -0.2) is 0 Å². The van der Waals surface area contributed by atoms with Crippen molar-refractivity contribution in [3.63, 3.8) is 0 Å². The van der Waals surface area contributed by atoms with E-state index in [-0.39, 0.29) is 23.6 Å². The number of amides is 1. The Hall–Kier alpha value is -2.40. The lowest BCUT2D eigenvalue weighted by molar-refractivity contribution is -0.121. The number of rotatable bonds is 9. The number of carbonyl (C=O) groups is 1. The number of aromatic nitrogens is 1. The Morgan fingerprint density at radius 1 is 1.26 bits per heavy atom. The first-order valence-corrected chi connectivity index (χ1v) is 9.64. The number of likely N-dealkylation sites (N-methyl/N-ethyl adjacent to an activating group) is 1. The highest BCUT2D eigenvalue weighted by atomic mass is 16.3. The van der Waals surface area contributed by atoms with Crippen LogP contribution < -0.4 is 5.32 Å². The van der Waals surface area contributed by atoms with Crippen LogP contribution in [-0.4, -0.2) is 47.6 Å². The third-order valence-electron chi connectivity index (χ3n) is 5.38. The van der Waals surface area contributed by atoms with E-state index in [1.165, 1.54) is 18.4 Å². The van der Waals surface area contributed by atoms with Crippen molar-refractivity contribution in [3.8, 4) is 5.75 Å². The van der Waals surface area contributed by atoms with Gasteiger partial charge in [-0.1, -0.05) is 18.2 Å². The van der Waals surface area contributed by atoms with Crippen molar-refractivity contribution in [2.45, 2.75) is 37.6 Å². The average Bonchev–Trinajstić information content (AvgIpc) is 3.50. The van der Waals surface area contributed by atoms with Crippen LogP contribution in [0.2, 0.25) is 0 Å². The number of hydrogen-bond acceptors (Lipinski definition) is 4. The molecule has 1 fully saturated rings. The molecule has 1 aromatic heterocycles. The quantitative estimate of drug-likeness (QED) is 0.715. The lowest BCUT2D eigenvalue weighted by Gasteiger charge is -2.25. The van der Waals surface area contributed by atoms with Crippen molar-refractivity contribution in [1.82, 2.24) is 15.2 Å². The van der Waals surface area contributed by atoms with Crippen molar-refractivity contribution < 1.29 is 9.90 Å². The minimum Gasteiger partial charge on any atom is -0.508 e. The van der Waals surface area contributed by atoms with Gasteiger partial charge in [0.1, 0.15) is 5.75 Å². The summed E-state index contributed by atoms with van der Waals surface area (Å²) in [6, 6.07) is 11.5. The standard InChI is InChI=1S/C22H29N3O2/c1-25(2)19(12-16-5-9-20(26)10-6-16)15-24-22(27)13-21(17-7-8-17)18-4-3-11-23-14-18/h3-6,9-11,14,17,19,21,26H,7-8,12-13,15H2,1-2H3,(H,24,27)/t19-,21-/m0/s1. The first-order chi connectivity index (χ1) is 13.0. The molecule has 1 heterocycles. The van der Waals surface area contributed by atoms with E-state index in [2.05, 4.69) is 21.3 Å². The Morgan fingerprint density at radius 2 is 2.00 bits per heavy atom. The van der Waals surface area contributed by atoms with E-state index in [4.69, 9.17) is 0 Å². The van der Waals surface area contributed by atoms with Gasteiger partial charge in [-0.05, 0) is 74.5 Å². The van der Waals surface area contributed by atoms with Gasteiger partial charge in [-0.3, -0.25) is 9.78 Å². The maximum Gasteiger partial charge on any atom is 0.220 e. The number of phenolic OH excluding ortho intramolecular Hbond substituents is 1. The van der Waals surface area contributed by atoms with E-state index in [1.807, 2.05) is 38.5 Å². The molecule has 2 N–H and O–H groups in total. The lowest BCUT2D eigenvalue weighted by Crippen LogP contribution is -2.42. The van der Waals surface area contributed by atoms with E-state index in [0.717, 1.165) is 12.0 Å². The second-order valence-electron chi connectivity index (χ2n) is 7.73. The Morgan fingerprint density at radius 3 is 2.59 bits per heavy atom. The molecule has 2 aromatic rings. The fourth-order valence-electron chi connectivity index (χ4n) is 3.50. The first-order valence-electron chi connectivity index (χ1n) is 9.64. The lowest BCUT2D eigenvalue weighted by atomic mass is 9.92. The van der Waals surface area contributed by atoms with Gasteiger partial charge in [0.05, 0.1) is 0 Å². The van der Waals surface area contributed by atoms with Crippen LogP contribution in [0.5, 0.6) is 5.75 Å². The topological polar surface area (TPSA) is 65.5 Å². The minimum absolute atomic E-state index is 0.105. The van der Waals surface area contributed by atoms with Crippen molar-refractivity contribution in [1.29, 1.82) is 0 Å². The molecule has 27 heavy (non-hydrogen) atoms. The predicted octanol–water partition coefficient (Wildman–Crippen LogP) is 2.96. The molecule has 1 aliphatic rings. The van der Waals surface area contributed by atoms with E-state index in [0.29, 0.717) is 18.9 Å². The molecule has 0 saturated heterocycles. The highest BCUT2D eigenvalue weighted by Crippen LogP contribution is 2.44. The molecule has 1 amide bonds. The summed E-state index contributed by atoms with van der Waals surface area (Å²) in [7, 11) is 4.06. The van der Waals surface area contributed by atoms with Gasteiger partial charge >= 0.3 is 0 Å². The summed E-state index contributed by atoms with van der Waals surface area (Å²) in [6.45, 7) is 0.608. The van der Waals surface area contributed by atoms with Crippen molar-refractivity contribution in [2.75, 3.05) is 20.6 Å². The number of pyridine rings is 1. The monoisotopic (exact) mass is 367 g/mol. The van der Waals surface area contributed by atoms with Gasteiger partial charge in [0.15, 0.2) is 0 Å². The maximum absolute atomic E-state index is 12.6. The number of carbonyl (C=O) groups excluding carboxylic acids is 1. The second kappa shape index (κ2) is 9.00. The van der Waals surface area contributed by atoms with E-state index >= 15 is 0 Å². The summed E-state index contributed by atoms with van der Waals surface area (Å²) in [5.74, 6) is 1.26. The Labute approximate surface area is 161 Å². The van der Waals surface area contributed by atoms with Gasteiger partial charge in [0, 0.05) is 31.4 Å². The largest absolute Gasteiger partial charge is 0.508 e. The molecule has 0 spiro atoms. The van der Waals surface area contributed by atoms with Crippen molar-refractivity contribution >= 4 is 5.91 Å². The summed E-state index contributed by atoms with van der Waals surface area (Å²) in [4.78, 5) is 18.9. The Kier molecular flexibility index (Phi) is 6.45. The number of nitrogens with one attached hydrogen (secondary N) is 1. The SMILES string of the molecule is CN(C)[C@H](CNC(=O)C[C@H](c1cccnc1)C1CC1)Cc1ccc(O)cc1. The molecule has 0 bridgehead atoms. The van der Waals surface area contributed by atoms with Gasteiger partial charge in [0.2, 0.25) is 5.91 Å². The van der Waals surface area contributed by atoms with Gasteiger partial charge < -0.3 is 15.3 Å². The zero-order valence-electron chi connectivity index (χ0n) is 16.1. The predicted molar refractivity (Wildman–Crippen MR) is 107 cm³/mol. The molecule has 0 unspecified atom stereocenters. The number of aromatic hydroxyl groups is 1. The smallest absolute Gasteiger partial charge is 0.220 e. The van der Waals surface area contributed by atoms with Crippen LogP contribution in [0.4, 0.5) is 0 Å². The molecule has 1 aromatic carbocycles. The molecular formula is C22H29N3O2. The van der Waals surface area contributed by atoms with E-state index in [1.54, 1.807) is 18.3 Å². The number of nitrogens with zero attached hydrogens (tertiary/aromatic N) is 2. The van der Waals surface area contributed by atoms with Gasteiger partial charge in [0.25, 0.3) is 0 Å². The van der Waals surface area contributed by atoms with E-state index in [9.17, 15) is 9.90 Å². The maximum atomic E-state index is 12.6. The summed E-state index contributed by atoms with van der Waals surface area (Å²) >= 11 is 0. The van der Waals surface area contributed by atoms with Crippen LogP contribution in [0, 0.1) is 5.92 Å². The molecule has 2 atom stereocenters. The molecule has 0 radical (unpaired) electrons. The van der Waals surface area contributed by atoms with Crippen LogP contribution in [0.1, 0.15) is 36.3 Å². The summed E-state index contributed by atoms with van der Waals surface area (Å²) in [6.07, 6.45) is 7.42. The minimum atomic E-state index is 0.105. The average molecular weight is 367 g/mol. The van der Waals surface area contributed by atoms with Gasteiger partial charge in [-0.15, -0.1) is 0 Å². The molecule has 144 valence electrons. The highest BCUT2D eigenvalue weighted by Gasteiger charge is 2.33. The number of hydrogen-bond donors (Lipinski definition) is 2. The molecule has 1 aliphatic carbocycles. The molecular weight excluding hydrogens is 338 g/mol. The van der Waals surface area contributed by atoms with Gasteiger partial charge in [-0.2, -0.15) is 0 Å². The molecule has 0 aliphatic heterocycles.